The Hall–Kier alpha value is -1.79. The molecule has 0 aliphatic heterocycles. The van der Waals surface area contributed by atoms with Crippen LogP contribution in [0, 0.1) is 17.2 Å². The zero-order valence-corrected chi connectivity index (χ0v) is 12.9. The summed E-state index contributed by atoms with van der Waals surface area (Å²) in [7, 11) is 1.58. The van der Waals surface area contributed by atoms with Crippen molar-refractivity contribution in [1.29, 1.82) is 5.26 Å². The first kappa shape index (κ1) is 16.3. The second-order valence-electron chi connectivity index (χ2n) is 5.12. The molecule has 0 fully saturated rings. The molecule has 1 N–H and O–H groups in total. The molecular formula is C17H24N2O. The van der Waals surface area contributed by atoms with E-state index >= 15 is 0 Å². The van der Waals surface area contributed by atoms with Crippen LogP contribution in [0.5, 0.6) is 5.75 Å². The number of rotatable bonds is 7. The fourth-order valence-corrected chi connectivity index (χ4v) is 1.95. The molecule has 0 amide bonds. The molecule has 3 nitrogen and oxygen atoms in total. The molecule has 0 radical (unpaired) electrons. The minimum absolute atomic E-state index is 0.479. The van der Waals surface area contributed by atoms with Gasteiger partial charge in [0.05, 0.1) is 12.7 Å². The molecule has 0 spiro atoms. The number of hydrogen-bond donors (Lipinski definition) is 1. The fraction of sp³-hybridized carbons (Fsp3) is 0.471. The third-order valence-electron chi connectivity index (χ3n) is 3.19. The van der Waals surface area contributed by atoms with Crippen LogP contribution in [0.2, 0.25) is 0 Å². The van der Waals surface area contributed by atoms with Gasteiger partial charge in [0.25, 0.3) is 0 Å². The van der Waals surface area contributed by atoms with Crippen LogP contribution < -0.4 is 10.1 Å². The Morgan fingerprint density at radius 3 is 2.75 bits per heavy atom. The molecular weight excluding hydrogens is 248 g/mol. The summed E-state index contributed by atoms with van der Waals surface area (Å²) in [6.07, 6.45) is 3.29. The summed E-state index contributed by atoms with van der Waals surface area (Å²) in [6.45, 7) is 8.45. The molecule has 0 unspecified atom stereocenters. The van der Waals surface area contributed by atoms with Crippen LogP contribution in [0.4, 0.5) is 0 Å². The smallest absolute Gasteiger partial charge is 0.136 e. The number of nitrogens with zero attached hydrogens (tertiary/aromatic N) is 1. The highest BCUT2D eigenvalue weighted by atomic mass is 16.5. The Kier molecular flexibility index (Phi) is 6.83. The third-order valence-corrected chi connectivity index (χ3v) is 3.19. The van der Waals surface area contributed by atoms with E-state index in [0.717, 1.165) is 25.1 Å². The zero-order valence-electron chi connectivity index (χ0n) is 12.9. The van der Waals surface area contributed by atoms with Crippen molar-refractivity contribution < 1.29 is 4.74 Å². The zero-order chi connectivity index (χ0) is 15.0. The number of hydrogen-bond acceptors (Lipinski definition) is 3. The second-order valence-corrected chi connectivity index (χ2v) is 5.12. The average Bonchev–Trinajstić information content (AvgIpc) is 2.46. The molecule has 20 heavy (non-hydrogen) atoms. The van der Waals surface area contributed by atoms with Gasteiger partial charge in [-0.3, -0.25) is 0 Å². The summed E-state index contributed by atoms with van der Waals surface area (Å²) < 4.78 is 5.17. The van der Waals surface area contributed by atoms with Gasteiger partial charge < -0.3 is 10.1 Å². The number of nitrogens with one attached hydrogen (secondary N) is 1. The lowest BCUT2D eigenvalue weighted by atomic mass is 9.99. The van der Waals surface area contributed by atoms with Crippen LogP contribution in [0.15, 0.2) is 23.8 Å². The van der Waals surface area contributed by atoms with E-state index in [0.29, 0.717) is 17.2 Å². The maximum atomic E-state index is 9.13. The van der Waals surface area contributed by atoms with Gasteiger partial charge in [0.2, 0.25) is 0 Å². The largest absolute Gasteiger partial charge is 0.495 e. The molecule has 0 aromatic heterocycles. The summed E-state index contributed by atoms with van der Waals surface area (Å²) in [5.41, 5.74) is 2.96. The standard InChI is InChI=1S/C17H24N2O/c1-5-8-19-12-16(13(2)3)10-14-6-7-17(20-4)15(9-14)11-18/h6-7,9-10,13,19H,5,8,12H2,1-4H3. The quantitative estimate of drug-likeness (QED) is 0.771. The molecule has 1 aromatic carbocycles. The monoisotopic (exact) mass is 272 g/mol. The van der Waals surface area contributed by atoms with Crippen molar-refractivity contribution in [2.75, 3.05) is 20.2 Å². The molecule has 0 heterocycles. The maximum Gasteiger partial charge on any atom is 0.136 e. The Balaban J connectivity index is 2.96. The van der Waals surface area contributed by atoms with Crippen LogP contribution >= 0.6 is 0 Å². The van der Waals surface area contributed by atoms with E-state index in [9.17, 15) is 0 Å². The summed E-state index contributed by atoms with van der Waals surface area (Å²) in [5.74, 6) is 1.10. The van der Waals surface area contributed by atoms with E-state index in [-0.39, 0.29) is 0 Å². The van der Waals surface area contributed by atoms with Crippen LogP contribution in [-0.4, -0.2) is 20.2 Å². The Labute approximate surface area is 122 Å². The predicted molar refractivity (Wildman–Crippen MR) is 83.7 cm³/mol. The molecule has 108 valence electrons. The topological polar surface area (TPSA) is 45.0 Å². The molecule has 0 atom stereocenters. The van der Waals surface area contributed by atoms with Gasteiger partial charge in [-0.2, -0.15) is 5.26 Å². The van der Waals surface area contributed by atoms with E-state index < -0.39 is 0 Å². The fourth-order valence-electron chi connectivity index (χ4n) is 1.95. The lowest BCUT2D eigenvalue weighted by Gasteiger charge is -2.13. The van der Waals surface area contributed by atoms with Crippen LogP contribution in [0.3, 0.4) is 0 Å². The van der Waals surface area contributed by atoms with Crippen molar-refractivity contribution in [1.82, 2.24) is 5.32 Å². The molecule has 0 aliphatic rings. The normalized spacial score (nSPS) is 11.5. The van der Waals surface area contributed by atoms with Crippen molar-refractivity contribution in [3.05, 3.63) is 34.9 Å². The Morgan fingerprint density at radius 2 is 2.20 bits per heavy atom. The Bertz CT molecular complexity index is 498. The van der Waals surface area contributed by atoms with E-state index in [1.54, 1.807) is 7.11 Å². The SMILES string of the molecule is CCCNCC(=Cc1ccc(OC)c(C#N)c1)C(C)C. The lowest BCUT2D eigenvalue weighted by molar-refractivity contribution is 0.413. The van der Waals surface area contributed by atoms with Crippen LogP contribution in [0.25, 0.3) is 6.08 Å². The average molecular weight is 272 g/mol. The minimum Gasteiger partial charge on any atom is -0.495 e. The molecule has 1 rings (SSSR count). The molecule has 0 aliphatic carbocycles. The highest BCUT2D eigenvalue weighted by Gasteiger charge is 2.06. The van der Waals surface area contributed by atoms with Gasteiger partial charge in [-0.25, -0.2) is 0 Å². The van der Waals surface area contributed by atoms with Gasteiger partial charge in [-0.15, -0.1) is 0 Å². The van der Waals surface area contributed by atoms with Crippen molar-refractivity contribution >= 4 is 6.08 Å². The number of methoxy groups -OCH3 is 1. The van der Waals surface area contributed by atoms with Crippen molar-refractivity contribution in [2.45, 2.75) is 27.2 Å². The van der Waals surface area contributed by atoms with Crippen molar-refractivity contribution in [2.24, 2.45) is 5.92 Å². The molecule has 0 saturated carbocycles. The molecule has 3 heteroatoms. The third kappa shape index (κ3) is 4.71. The summed E-state index contributed by atoms with van der Waals surface area (Å²) >= 11 is 0. The highest BCUT2D eigenvalue weighted by Crippen LogP contribution is 2.21. The Morgan fingerprint density at radius 1 is 1.45 bits per heavy atom. The minimum atomic E-state index is 0.479. The first-order chi connectivity index (χ1) is 9.62. The van der Waals surface area contributed by atoms with E-state index in [1.807, 2.05) is 18.2 Å². The number of benzene rings is 1. The van der Waals surface area contributed by atoms with Gasteiger partial charge in [-0.05, 0) is 36.6 Å². The predicted octanol–water partition coefficient (Wildman–Crippen LogP) is 3.61. The second kappa shape index (κ2) is 8.39. The molecule has 1 aromatic rings. The highest BCUT2D eigenvalue weighted by molar-refractivity contribution is 5.59. The van der Waals surface area contributed by atoms with Gasteiger partial charge >= 0.3 is 0 Å². The number of nitriles is 1. The van der Waals surface area contributed by atoms with Crippen molar-refractivity contribution in [3.8, 4) is 11.8 Å². The van der Waals surface area contributed by atoms with Gasteiger partial charge in [0.1, 0.15) is 11.8 Å². The maximum absolute atomic E-state index is 9.13. The van der Waals surface area contributed by atoms with E-state index in [4.69, 9.17) is 10.00 Å². The van der Waals surface area contributed by atoms with Gasteiger partial charge in [0.15, 0.2) is 0 Å². The van der Waals surface area contributed by atoms with E-state index in [1.165, 1.54) is 5.57 Å². The first-order valence-electron chi connectivity index (χ1n) is 7.11. The van der Waals surface area contributed by atoms with Crippen molar-refractivity contribution in [3.63, 3.8) is 0 Å². The summed E-state index contributed by atoms with van der Waals surface area (Å²) in [6, 6.07) is 7.88. The molecule has 0 bridgehead atoms. The lowest BCUT2D eigenvalue weighted by Crippen LogP contribution is -2.19. The van der Waals surface area contributed by atoms with Crippen LogP contribution in [0.1, 0.15) is 38.3 Å². The van der Waals surface area contributed by atoms with Gasteiger partial charge in [0, 0.05) is 6.54 Å². The number of ether oxygens (including phenoxy) is 1. The van der Waals surface area contributed by atoms with Crippen LogP contribution in [-0.2, 0) is 0 Å². The van der Waals surface area contributed by atoms with Gasteiger partial charge in [-0.1, -0.05) is 38.5 Å². The van der Waals surface area contributed by atoms with E-state index in [2.05, 4.69) is 38.2 Å². The first-order valence-corrected chi connectivity index (χ1v) is 7.11. The summed E-state index contributed by atoms with van der Waals surface area (Å²) in [5, 5.41) is 12.6. The summed E-state index contributed by atoms with van der Waals surface area (Å²) in [4.78, 5) is 0. The molecule has 0 saturated heterocycles.